The third-order valence-corrected chi connectivity index (χ3v) is 4.02. The Bertz CT molecular complexity index is 401. The van der Waals surface area contributed by atoms with E-state index in [0.29, 0.717) is 19.7 Å². The lowest BCUT2D eigenvalue weighted by Gasteiger charge is -2.34. The van der Waals surface area contributed by atoms with Gasteiger partial charge in [0.15, 0.2) is 0 Å². The molecule has 0 radical (unpaired) electrons. The number of hydrogen-bond donors (Lipinski definition) is 0. The average Bonchev–Trinajstić information content (AvgIpc) is 3.01. The fraction of sp³-hybridized carbons (Fsp3) is 0.867. The van der Waals surface area contributed by atoms with Crippen LogP contribution in [0.15, 0.2) is 0 Å². The average molecular weight is 283 g/mol. The first-order valence-corrected chi connectivity index (χ1v) is 7.42. The molecule has 1 saturated heterocycles. The Labute approximate surface area is 120 Å². The zero-order valence-electron chi connectivity index (χ0n) is 12.9. The van der Waals surface area contributed by atoms with Crippen LogP contribution in [0.2, 0.25) is 0 Å². The smallest absolute Gasteiger partial charge is 0.410 e. The van der Waals surface area contributed by atoms with Gasteiger partial charge in [0.05, 0.1) is 12.5 Å². The molecule has 0 N–H and O–H groups in total. The normalized spacial score (nSPS) is 29.2. The highest BCUT2D eigenvalue weighted by molar-refractivity contribution is 5.77. The summed E-state index contributed by atoms with van der Waals surface area (Å²) in [5, 5.41) is 0. The quantitative estimate of drug-likeness (QED) is 0.731. The van der Waals surface area contributed by atoms with Gasteiger partial charge in [-0.25, -0.2) is 4.79 Å². The molecule has 2 aliphatic rings. The number of likely N-dealkylation sites (tertiary alicyclic amines) is 1. The zero-order valence-corrected chi connectivity index (χ0v) is 12.9. The molecule has 2 unspecified atom stereocenters. The Hall–Kier alpha value is -1.26. The lowest BCUT2D eigenvalue weighted by molar-refractivity contribution is -0.146. The standard InChI is InChI=1S/C15H25NO4/c1-5-19-12(17)11-9-15(11)7-6-8-16(10-15)13(18)20-14(2,3)4/h11H,5-10H2,1-4H3. The second-order valence-electron chi connectivity index (χ2n) is 6.88. The van der Waals surface area contributed by atoms with Crippen LogP contribution in [-0.2, 0) is 14.3 Å². The Morgan fingerprint density at radius 3 is 2.65 bits per heavy atom. The summed E-state index contributed by atoms with van der Waals surface area (Å²) in [6.45, 7) is 9.16. The molecule has 5 heteroatoms. The van der Waals surface area contributed by atoms with Gasteiger partial charge in [0.2, 0.25) is 0 Å². The first kappa shape index (κ1) is 15.1. The van der Waals surface area contributed by atoms with E-state index in [2.05, 4.69) is 0 Å². The maximum atomic E-state index is 12.1. The van der Waals surface area contributed by atoms with E-state index in [-0.39, 0.29) is 23.4 Å². The summed E-state index contributed by atoms with van der Waals surface area (Å²) in [7, 11) is 0. The topological polar surface area (TPSA) is 55.8 Å². The van der Waals surface area contributed by atoms with Crippen molar-refractivity contribution in [2.45, 2.75) is 52.6 Å². The second-order valence-corrected chi connectivity index (χ2v) is 6.88. The fourth-order valence-corrected chi connectivity index (χ4v) is 3.02. The van der Waals surface area contributed by atoms with Gasteiger partial charge in [0.25, 0.3) is 0 Å². The predicted octanol–water partition coefficient (Wildman–Crippen LogP) is 2.59. The Morgan fingerprint density at radius 2 is 2.05 bits per heavy atom. The van der Waals surface area contributed by atoms with E-state index in [9.17, 15) is 9.59 Å². The van der Waals surface area contributed by atoms with Crippen LogP contribution in [-0.4, -0.2) is 42.3 Å². The highest BCUT2D eigenvalue weighted by Gasteiger charge is 2.60. The van der Waals surface area contributed by atoms with Gasteiger partial charge in [-0.05, 0) is 47.0 Å². The highest BCUT2D eigenvalue weighted by Crippen LogP contribution is 2.58. The lowest BCUT2D eigenvalue weighted by atomic mass is 9.92. The lowest BCUT2D eigenvalue weighted by Crippen LogP contribution is -2.44. The van der Waals surface area contributed by atoms with Crippen LogP contribution in [0.3, 0.4) is 0 Å². The Kier molecular flexibility index (Phi) is 3.98. The number of rotatable bonds is 2. The number of esters is 1. The molecule has 1 amide bonds. The second kappa shape index (κ2) is 5.26. The highest BCUT2D eigenvalue weighted by atomic mass is 16.6. The van der Waals surface area contributed by atoms with Crippen LogP contribution < -0.4 is 0 Å². The van der Waals surface area contributed by atoms with Crippen LogP contribution >= 0.6 is 0 Å². The van der Waals surface area contributed by atoms with E-state index in [1.807, 2.05) is 27.7 Å². The van der Waals surface area contributed by atoms with Gasteiger partial charge in [-0.1, -0.05) is 0 Å². The number of amides is 1. The minimum atomic E-state index is -0.480. The molecule has 5 nitrogen and oxygen atoms in total. The van der Waals surface area contributed by atoms with Crippen LogP contribution in [0.4, 0.5) is 4.79 Å². The molecule has 2 atom stereocenters. The van der Waals surface area contributed by atoms with Gasteiger partial charge >= 0.3 is 12.1 Å². The number of ether oxygens (including phenoxy) is 2. The van der Waals surface area contributed by atoms with Crippen molar-refractivity contribution in [1.29, 1.82) is 0 Å². The molecule has 1 aliphatic heterocycles. The molecule has 1 spiro atoms. The molecule has 0 bridgehead atoms. The molecular weight excluding hydrogens is 258 g/mol. The summed E-state index contributed by atoms with van der Waals surface area (Å²) in [6.07, 6.45) is 2.49. The minimum absolute atomic E-state index is 0.0345. The van der Waals surface area contributed by atoms with Crippen LogP contribution in [0, 0.1) is 11.3 Å². The van der Waals surface area contributed by atoms with Crippen LogP contribution in [0.25, 0.3) is 0 Å². The maximum absolute atomic E-state index is 12.1. The molecule has 1 aliphatic carbocycles. The van der Waals surface area contributed by atoms with Gasteiger partial charge in [-0.3, -0.25) is 4.79 Å². The van der Waals surface area contributed by atoms with E-state index in [4.69, 9.17) is 9.47 Å². The maximum Gasteiger partial charge on any atom is 0.410 e. The Morgan fingerprint density at radius 1 is 1.35 bits per heavy atom. The first-order chi connectivity index (χ1) is 9.27. The van der Waals surface area contributed by atoms with E-state index >= 15 is 0 Å². The van der Waals surface area contributed by atoms with Gasteiger partial charge in [0, 0.05) is 18.5 Å². The number of carbonyl (C=O) groups excluding carboxylic acids is 2. The molecule has 2 rings (SSSR count). The summed E-state index contributed by atoms with van der Waals surface area (Å²) in [6, 6.07) is 0. The number of hydrogen-bond acceptors (Lipinski definition) is 4. The zero-order chi connectivity index (χ0) is 15.0. The summed E-state index contributed by atoms with van der Waals surface area (Å²) >= 11 is 0. The fourth-order valence-electron chi connectivity index (χ4n) is 3.02. The van der Waals surface area contributed by atoms with E-state index < -0.39 is 5.60 Å². The van der Waals surface area contributed by atoms with Crippen LogP contribution in [0.1, 0.15) is 47.0 Å². The Balaban J connectivity index is 1.93. The molecule has 114 valence electrons. The van der Waals surface area contributed by atoms with Crippen molar-refractivity contribution < 1.29 is 19.1 Å². The van der Waals surface area contributed by atoms with Crippen molar-refractivity contribution in [3.63, 3.8) is 0 Å². The van der Waals surface area contributed by atoms with Crippen molar-refractivity contribution >= 4 is 12.1 Å². The molecule has 0 aromatic rings. The van der Waals surface area contributed by atoms with Crippen molar-refractivity contribution in [1.82, 2.24) is 4.90 Å². The molecule has 20 heavy (non-hydrogen) atoms. The van der Waals surface area contributed by atoms with Crippen LogP contribution in [0.5, 0.6) is 0 Å². The molecular formula is C15H25NO4. The number of carbonyl (C=O) groups is 2. The summed E-state index contributed by atoms with van der Waals surface area (Å²) in [5.41, 5.74) is -0.535. The van der Waals surface area contributed by atoms with Gasteiger partial charge in [-0.2, -0.15) is 0 Å². The number of piperidine rings is 1. The number of nitrogens with zero attached hydrogens (tertiary/aromatic N) is 1. The molecule has 0 aromatic carbocycles. The van der Waals surface area contributed by atoms with E-state index in [1.165, 1.54) is 0 Å². The molecule has 2 fully saturated rings. The van der Waals surface area contributed by atoms with Gasteiger partial charge in [0.1, 0.15) is 5.60 Å². The largest absolute Gasteiger partial charge is 0.466 e. The predicted molar refractivity (Wildman–Crippen MR) is 74.2 cm³/mol. The van der Waals surface area contributed by atoms with Crippen molar-refractivity contribution in [3.8, 4) is 0 Å². The van der Waals surface area contributed by atoms with Crippen molar-refractivity contribution in [2.75, 3.05) is 19.7 Å². The van der Waals surface area contributed by atoms with Gasteiger partial charge in [-0.15, -0.1) is 0 Å². The third-order valence-electron chi connectivity index (χ3n) is 4.02. The van der Waals surface area contributed by atoms with E-state index in [1.54, 1.807) is 4.90 Å². The summed E-state index contributed by atoms with van der Waals surface area (Å²) in [5.74, 6) is -0.147. The molecule has 1 saturated carbocycles. The van der Waals surface area contributed by atoms with E-state index in [0.717, 1.165) is 19.3 Å². The first-order valence-electron chi connectivity index (χ1n) is 7.42. The monoisotopic (exact) mass is 283 g/mol. The molecule has 0 aromatic heterocycles. The summed E-state index contributed by atoms with van der Waals surface area (Å²) < 4.78 is 10.5. The third kappa shape index (κ3) is 3.25. The molecule has 1 heterocycles. The SMILES string of the molecule is CCOC(=O)C1CC12CCCN(C(=O)OC(C)(C)C)C2. The van der Waals surface area contributed by atoms with Crippen molar-refractivity contribution in [2.24, 2.45) is 11.3 Å². The minimum Gasteiger partial charge on any atom is -0.466 e. The van der Waals surface area contributed by atoms with Gasteiger partial charge < -0.3 is 14.4 Å². The van der Waals surface area contributed by atoms with Crippen molar-refractivity contribution in [3.05, 3.63) is 0 Å². The summed E-state index contributed by atoms with van der Waals surface area (Å²) in [4.78, 5) is 25.7.